The number of hydrogen-bond acceptors (Lipinski definition) is 2. The molecule has 0 radical (unpaired) electrons. The Morgan fingerprint density at radius 2 is 2.06 bits per heavy atom. The Morgan fingerprint density at radius 3 is 2.89 bits per heavy atom. The molecule has 0 aliphatic carbocycles. The molecule has 0 unspecified atom stereocenters. The third-order valence-corrected chi connectivity index (χ3v) is 4.03. The van der Waals surface area contributed by atoms with Crippen LogP contribution in [0.4, 0.5) is 0 Å². The Kier molecular flexibility index (Phi) is 3.26. The van der Waals surface area contributed by atoms with Crippen LogP contribution in [0.5, 0.6) is 0 Å². The molecular formula is C14H11ClN2S. The van der Waals surface area contributed by atoms with E-state index < -0.39 is 0 Å². The van der Waals surface area contributed by atoms with E-state index in [-0.39, 0.29) is 0 Å². The highest BCUT2D eigenvalue weighted by Crippen LogP contribution is 2.27. The molecule has 18 heavy (non-hydrogen) atoms. The molecule has 0 saturated carbocycles. The standard InChI is InChI=1S/C14H11ClN2S/c15-13-6-12(8-17-10-16-7-14(13)17)18-9-11-4-2-1-3-5-11/h1-8,10H,9H2. The van der Waals surface area contributed by atoms with Gasteiger partial charge in [-0.2, -0.15) is 0 Å². The number of imidazole rings is 1. The molecule has 0 spiro atoms. The van der Waals surface area contributed by atoms with Gasteiger partial charge in [-0.25, -0.2) is 4.98 Å². The molecule has 4 heteroatoms. The molecule has 0 fully saturated rings. The third kappa shape index (κ3) is 2.37. The Balaban J connectivity index is 1.82. The topological polar surface area (TPSA) is 17.3 Å². The number of benzene rings is 1. The van der Waals surface area contributed by atoms with E-state index in [1.807, 2.05) is 16.5 Å². The molecular weight excluding hydrogens is 264 g/mol. The number of fused-ring (bicyclic) bond motifs is 1. The molecule has 2 aromatic heterocycles. The summed E-state index contributed by atoms with van der Waals surface area (Å²) in [5.74, 6) is 0.942. The van der Waals surface area contributed by atoms with Gasteiger partial charge in [-0.15, -0.1) is 11.8 Å². The molecule has 0 aliphatic heterocycles. The first-order valence-corrected chi connectivity index (χ1v) is 6.97. The normalized spacial score (nSPS) is 10.9. The highest BCUT2D eigenvalue weighted by atomic mass is 35.5. The van der Waals surface area contributed by atoms with Crippen LogP contribution in [0.25, 0.3) is 5.52 Å². The van der Waals surface area contributed by atoms with Gasteiger partial charge >= 0.3 is 0 Å². The van der Waals surface area contributed by atoms with Crippen molar-refractivity contribution in [3.63, 3.8) is 0 Å². The van der Waals surface area contributed by atoms with E-state index in [1.165, 1.54) is 5.56 Å². The van der Waals surface area contributed by atoms with E-state index in [4.69, 9.17) is 11.6 Å². The van der Waals surface area contributed by atoms with Crippen LogP contribution in [-0.2, 0) is 5.75 Å². The van der Waals surface area contributed by atoms with Crippen molar-refractivity contribution >= 4 is 28.9 Å². The van der Waals surface area contributed by atoms with Crippen LogP contribution in [-0.4, -0.2) is 9.38 Å². The molecule has 0 atom stereocenters. The molecule has 2 heterocycles. The van der Waals surface area contributed by atoms with Crippen molar-refractivity contribution < 1.29 is 0 Å². The lowest BCUT2D eigenvalue weighted by molar-refractivity contribution is 1.11. The molecule has 1 aromatic carbocycles. The van der Waals surface area contributed by atoms with Crippen molar-refractivity contribution in [1.82, 2.24) is 9.38 Å². The highest BCUT2D eigenvalue weighted by molar-refractivity contribution is 7.98. The van der Waals surface area contributed by atoms with Crippen LogP contribution in [0, 0.1) is 0 Å². The van der Waals surface area contributed by atoms with Gasteiger partial charge in [-0.1, -0.05) is 41.9 Å². The van der Waals surface area contributed by atoms with Gasteiger partial charge in [0.1, 0.15) is 0 Å². The second-order valence-corrected chi connectivity index (χ2v) is 5.44. The predicted molar refractivity (Wildman–Crippen MR) is 76.2 cm³/mol. The summed E-state index contributed by atoms with van der Waals surface area (Å²) in [4.78, 5) is 5.24. The maximum atomic E-state index is 6.21. The molecule has 0 bridgehead atoms. The van der Waals surface area contributed by atoms with Gasteiger partial charge in [-0.05, 0) is 11.6 Å². The number of nitrogens with zero attached hydrogens (tertiary/aromatic N) is 2. The summed E-state index contributed by atoms with van der Waals surface area (Å²) >= 11 is 7.98. The van der Waals surface area contributed by atoms with E-state index in [1.54, 1.807) is 24.3 Å². The van der Waals surface area contributed by atoms with Crippen molar-refractivity contribution in [2.75, 3.05) is 0 Å². The minimum Gasteiger partial charge on any atom is -0.304 e. The minimum atomic E-state index is 0.741. The monoisotopic (exact) mass is 274 g/mol. The van der Waals surface area contributed by atoms with Crippen molar-refractivity contribution in [2.45, 2.75) is 10.6 Å². The summed E-state index contributed by atoms with van der Waals surface area (Å²) in [5.41, 5.74) is 2.25. The first kappa shape index (κ1) is 11.6. The van der Waals surface area contributed by atoms with E-state index >= 15 is 0 Å². The van der Waals surface area contributed by atoms with Gasteiger partial charge in [0.05, 0.1) is 23.1 Å². The van der Waals surface area contributed by atoms with Crippen molar-refractivity contribution in [1.29, 1.82) is 0 Å². The van der Waals surface area contributed by atoms with Gasteiger partial charge in [0.25, 0.3) is 0 Å². The quantitative estimate of drug-likeness (QED) is 0.663. The highest BCUT2D eigenvalue weighted by Gasteiger charge is 2.03. The molecule has 0 amide bonds. The summed E-state index contributed by atoms with van der Waals surface area (Å²) < 4.78 is 1.95. The van der Waals surface area contributed by atoms with Gasteiger partial charge in [-0.3, -0.25) is 0 Å². The molecule has 3 rings (SSSR count). The smallest absolute Gasteiger partial charge is 0.0992 e. The van der Waals surface area contributed by atoms with Crippen molar-refractivity contribution in [3.05, 3.63) is 65.7 Å². The summed E-state index contributed by atoms with van der Waals surface area (Å²) in [6.45, 7) is 0. The average Bonchev–Trinajstić information content (AvgIpc) is 2.86. The Labute approximate surface area is 115 Å². The predicted octanol–water partition coefficient (Wildman–Crippen LogP) is 4.28. The van der Waals surface area contributed by atoms with Gasteiger partial charge in [0.15, 0.2) is 0 Å². The van der Waals surface area contributed by atoms with Gasteiger partial charge in [0, 0.05) is 16.8 Å². The van der Waals surface area contributed by atoms with Crippen LogP contribution in [0.3, 0.4) is 0 Å². The Bertz CT molecular complexity index is 664. The minimum absolute atomic E-state index is 0.741. The van der Waals surface area contributed by atoms with Gasteiger partial charge in [0.2, 0.25) is 0 Å². The van der Waals surface area contributed by atoms with E-state index in [2.05, 4.69) is 35.4 Å². The number of pyridine rings is 1. The molecule has 0 aliphatic rings. The molecule has 2 nitrogen and oxygen atoms in total. The maximum absolute atomic E-state index is 6.21. The number of thioether (sulfide) groups is 1. The van der Waals surface area contributed by atoms with Crippen LogP contribution >= 0.6 is 23.4 Å². The first-order chi connectivity index (χ1) is 8.83. The van der Waals surface area contributed by atoms with Crippen molar-refractivity contribution in [2.24, 2.45) is 0 Å². The largest absolute Gasteiger partial charge is 0.304 e. The Morgan fingerprint density at radius 1 is 1.22 bits per heavy atom. The zero-order valence-corrected chi connectivity index (χ0v) is 11.2. The molecule has 90 valence electrons. The average molecular weight is 275 g/mol. The lowest BCUT2D eigenvalue weighted by atomic mass is 10.2. The third-order valence-electron chi connectivity index (χ3n) is 2.69. The fourth-order valence-electron chi connectivity index (χ4n) is 1.79. The van der Waals surface area contributed by atoms with E-state index in [9.17, 15) is 0 Å². The Hall–Kier alpha value is -1.45. The summed E-state index contributed by atoms with van der Waals surface area (Å²) in [7, 11) is 0. The van der Waals surface area contributed by atoms with E-state index in [0.717, 1.165) is 21.2 Å². The zero-order valence-electron chi connectivity index (χ0n) is 9.58. The fraction of sp³-hybridized carbons (Fsp3) is 0.0714. The van der Waals surface area contributed by atoms with Crippen LogP contribution < -0.4 is 0 Å². The molecule has 0 N–H and O–H groups in total. The summed E-state index contributed by atoms with van der Waals surface area (Å²) in [6, 6.07) is 12.4. The summed E-state index contributed by atoms with van der Waals surface area (Å²) in [6.07, 6.45) is 5.60. The lowest BCUT2D eigenvalue weighted by Crippen LogP contribution is -1.85. The second kappa shape index (κ2) is 5.04. The summed E-state index contributed by atoms with van der Waals surface area (Å²) in [5, 5.41) is 0.741. The second-order valence-electron chi connectivity index (χ2n) is 3.98. The first-order valence-electron chi connectivity index (χ1n) is 5.61. The van der Waals surface area contributed by atoms with Crippen LogP contribution in [0.2, 0.25) is 5.02 Å². The molecule has 0 saturated heterocycles. The lowest BCUT2D eigenvalue weighted by Gasteiger charge is -2.04. The van der Waals surface area contributed by atoms with Crippen molar-refractivity contribution in [3.8, 4) is 0 Å². The fourth-order valence-corrected chi connectivity index (χ4v) is 3.03. The number of aromatic nitrogens is 2. The van der Waals surface area contributed by atoms with Gasteiger partial charge < -0.3 is 4.40 Å². The maximum Gasteiger partial charge on any atom is 0.0992 e. The SMILES string of the molecule is Clc1cc(SCc2ccccc2)cn2cncc12. The zero-order chi connectivity index (χ0) is 12.4. The van der Waals surface area contributed by atoms with E-state index in [0.29, 0.717) is 0 Å². The molecule has 3 aromatic rings. The number of rotatable bonds is 3. The van der Waals surface area contributed by atoms with Crippen LogP contribution in [0.15, 0.2) is 60.0 Å². The van der Waals surface area contributed by atoms with Crippen LogP contribution in [0.1, 0.15) is 5.56 Å². The number of halogens is 1. The number of hydrogen-bond donors (Lipinski definition) is 0.